The maximum Gasteiger partial charge on any atom is 0.247 e. The molecule has 7 heteroatoms. The van der Waals surface area contributed by atoms with Crippen molar-refractivity contribution in [2.75, 3.05) is 12.0 Å². The first-order valence-corrected chi connectivity index (χ1v) is 11.9. The summed E-state index contributed by atoms with van der Waals surface area (Å²) in [5.74, 6) is 0.562. The van der Waals surface area contributed by atoms with Crippen LogP contribution in [0.4, 0.5) is 5.69 Å². The van der Waals surface area contributed by atoms with Gasteiger partial charge >= 0.3 is 0 Å². The third-order valence-electron chi connectivity index (χ3n) is 5.28. The molecule has 3 rings (SSSR count). The molecule has 0 spiro atoms. The van der Waals surface area contributed by atoms with Gasteiger partial charge < -0.3 is 4.74 Å². The van der Waals surface area contributed by atoms with Gasteiger partial charge in [0.25, 0.3) is 0 Å². The van der Waals surface area contributed by atoms with Gasteiger partial charge in [-0.25, -0.2) is 9.88 Å². The number of ketones is 1. The highest BCUT2D eigenvalue weighted by atomic mass is 32.2. The SMILES string of the molecule is CCCCC(=O)c1ccc(CC(C)C)nc1S[C@H]1CC(=O)N(c2ccc(OC)cc2)C1=O. The monoisotopic (exact) mass is 454 g/mol. The van der Waals surface area contributed by atoms with Gasteiger partial charge in [-0.05, 0) is 55.2 Å². The Morgan fingerprint density at radius 2 is 1.91 bits per heavy atom. The highest BCUT2D eigenvalue weighted by Gasteiger charge is 2.41. The third kappa shape index (κ3) is 5.57. The maximum absolute atomic E-state index is 13.1. The van der Waals surface area contributed by atoms with E-state index in [-0.39, 0.29) is 24.0 Å². The molecule has 32 heavy (non-hydrogen) atoms. The number of thioether (sulfide) groups is 1. The molecule has 1 aliphatic rings. The van der Waals surface area contributed by atoms with Crippen molar-refractivity contribution in [3.05, 3.63) is 47.7 Å². The number of imide groups is 1. The lowest BCUT2D eigenvalue weighted by molar-refractivity contribution is -0.121. The molecule has 0 aliphatic carbocycles. The summed E-state index contributed by atoms with van der Waals surface area (Å²) in [6.45, 7) is 6.27. The van der Waals surface area contributed by atoms with Crippen LogP contribution in [0, 0.1) is 5.92 Å². The van der Waals surface area contributed by atoms with Gasteiger partial charge in [0.2, 0.25) is 11.8 Å². The Bertz CT molecular complexity index is 988. The first-order chi connectivity index (χ1) is 15.3. The molecular formula is C25H30N2O4S. The second-order valence-electron chi connectivity index (χ2n) is 8.36. The summed E-state index contributed by atoms with van der Waals surface area (Å²) in [6.07, 6.45) is 3.05. The molecule has 0 saturated carbocycles. The van der Waals surface area contributed by atoms with Crippen LogP contribution in [-0.2, 0) is 16.0 Å². The van der Waals surface area contributed by atoms with Gasteiger partial charge in [-0.3, -0.25) is 14.4 Å². The molecule has 0 bridgehead atoms. The lowest BCUT2D eigenvalue weighted by atomic mass is 10.0. The Morgan fingerprint density at radius 1 is 1.19 bits per heavy atom. The Balaban J connectivity index is 1.86. The molecule has 1 atom stereocenters. The average Bonchev–Trinajstić information content (AvgIpc) is 3.04. The van der Waals surface area contributed by atoms with E-state index in [0.717, 1.165) is 25.0 Å². The second-order valence-corrected chi connectivity index (χ2v) is 9.55. The van der Waals surface area contributed by atoms with Crippen LogP contribution in [0.25, 0.3) is 0 Å². The first kappa shape index (κ1) is 24.0. The number of benzene rings is 1. The van der Waals surface area contributed by atoms with Crippen molar-refractivity contribution in [3.8, 4) is 5.75 Å². The van der Waals surface area contributed by atoms with E-state index in [0.29, 0.717) is 34.4 Å². The molecular weight excluding hydrogens is 424 g/mol. The summed E-state index contributed by atoms with van der Waals surface area (Å²) in [5, 5.41) is -0.0592. The molecule has 0 N–H and O–H groups in total. The normalized spacial score (nSPS) is 16.2. The van der Waals surface area contributed by atoms with E-state index in [4.69, 9.17) is 9.72 Å². The second kappa shape index (κ2) is 10.8. The van der Waals surface area contributed by atoms with Gasteiger partial charge in [-0.15, -0.1) is 0 Å². The maximum atomic E-state index is 13.1. The van der Waals surface area contributed by atoms with Crippen LogP contribution in [0.15, 0.2) is 41.4 Å². The topological polar surface area (TPSA) is 76.6 Å². The zero-order valence-corrected chi connectivity index (χ0v) is 19.9. The van der Waals surface area contributed by atoms with Crippen molar-refractivity contribution >= 4 is 35.0 Å². The number of carbonyl (C=O) groups is 3. The zero-order valence-electron chi connectivity index (χ0n) is 19.1. The number of anilines is 1. The number of amides is 2. The number of rotatable bonds is 10. The van der Waals surface area contributed by atoms with Gasteiger partial charge in [-0.2, -0.15) is 0 Å². The minimum absolute atomic E-state index is 0.0294. The summed E-state index contributed by atoms with van der Waals surface area (Å²) >= 11 is 1.23. The Labute approximate surface area is 193 Å². The molecule has 0 radical (unpaired) electrons. The van der Waals surface area contributed by atoms with E-state index in [1.54, 1.807) is 31.4 Å². The number of unbranched alkanes of at least 4 members (excludes halogenated alkanes) is 1. The first-order valence-electron chi connectivity index (χ1n) is 11.0. The molecule has 2 heterocycles. The van der Waals surface area contributed by atoms with Gasteiger partial charge in [-0.1, -0.05) is 39.0 Å². The number of carbonyl (C=O) groups excluding carboxylic acids is 3. The predicted molar refractivity (Wildman–Crippen MR) is 126 cm³/mol. The third-order valence-corrected chi connectivity index (χ3v) is 6.47. The molecule has 1 aliphatic heterocycles. The molecule has 1 aromatic carbocycles. The number of Topliss-reactive ketones (excluding diaryl/α,β-unsaturated/α-hetero) is 1. The molecule has 6 nitrogen and oxygen atoms in total. The van der Waals surface area contributed by atoms with E-state index >= 15 is 0 Å². The van der Waals surface area contributed by atoms with Crippen LogP contribution in [0.2, 0.25) is 0 Å². The zero-order chi connectivity index (χ0) is 23.3. The smallest absolute Gasteiger partial charge is 0.247 e. The van der Waals surface area contributed by atoms with Crippen LogP contribution >= 0.6 is 11.8 Å². The summed E-state index contributed by atoms with van der Waals surface area (Å²) in [7, 11) is 1.56. The van der Waals surface area contributed by atoms with Crippen molar-refractivity contribution in [1.82, 2.24) is 4.98 Å². The van der Waals surface area contributed by atoms with E-state index < -0.39 is 5.25 Å². The number of pyridine rings is 1. The quantitative estimate of drug-likeness (QED) is 0.368. The fourth-order valence-electron chi connectivity index (χ4n) is 3.62. The molecule has 1 saturated heterocycles. The molecule has 1 aromatic heterocycles. The Hall–Kier alpha value is -2.67. The van der Waals surface area contributed by atoms with E-state index in [2.05, 4.69) is 13.8 Å². The Kier molecular flexibility index (Phi) is 8.07. The highest BCUT2D eigenvalue weighted by Crippen LogP contribution is 2.35. The number of hydrogen-bond donors (Lipinski definition) is 0. The number of methoxy groups -OCH3 is 1. The van der Waals surface area contributed by atoms with Crippen LogP contribution < -0.4 is 9.64 Å². The van der Waals surface area contributed by atoms with Crippen molar-refractivity contribution in [3.63, 3.8) is 0 Å². The van der Waals surface area contributed by atoms with E-state index in [1.165, 1.54) is 16.7 Å². The standard InChI is InChI=1S/C25H30N2O4S/c1-5-6-7-21(28)20-13-8-17(14-16(2)3)26-24(20)32-22-15-23(29)27(25(22)30)18-9-11-19(31-4)12-10-18/h8-13,16,22H,5-7,14-15H2,1-4H3/t22-/m0/s1. The van der Waals surface area contributed by atoms with Crippen LogP contribution in [0.5, 0.6) is 5.75 Å². The average molecular weight is 455 g/mol. The minimum atomic E-state index is -0.607. The van der Waals surface area contributed by atoms with Gasteiger partial charge in [0.15, 0.2) is 5.78 Å². The Morgan fingerprint density at radius 3 is 2.53 bits per heavy atom. The van der Waals surface area contributed by atoms with Crippen molar-refractivity contribution in [2.45, 2.75) is 63.2 Å². The van der Waals surface area contributed by atoms with Gasteiger partial charge in [0, 0.05) is 24.1 Å². The van der Waals surface area contributed by atoms with Crippen LogP contribution in [-0.4, -0.2) is 34.9 Å². The molecule has 170 valence electrons. The summed E-state index contributed by atoms with van der Waals surface area (Å²) in [4.78, 5) is 44.6. The largest absolute Gasteiger partial charge is 0.497 e. The number of hydrogen-bond acceptors (Lipinski definition) is 6. The molecule has 2 amide bonds. The van der Waals surface area contributed by atoms with Crippen molar-refractivity contribution < 1.29 is 19.1 Å². The van der Waals surface area contributed by atoms with E-state index in [9.17, 15) is 14.4 Å². The lowest BCUT2D eigenvalue weighted by Gasteiger charge is -2.16. The number of aromatic nitrogens is 1. The van der Waals surface area contributed by atoms with Crippen molar-refractivity contribution in [1.29, 1.82) is 0 Å². The molecule has 1 fully saturated rings. The number of nitrogens with zero attached hydrogens (tertiary/aromatic N) is 2. The van der Waals surface area contributed by atoms with Crippen LogP contribution in [0.1, 0.15) is 62.5 Å². The minimum Gasteiger partial charge on any atom is -0.497 e. The van der Waals surface area contributed by atoms with Gasteiger partial charge in [0.05, 0.1) is 18.0 Å². The predicted octanol–water partition coefficient (Wildman–Crippen LogP) is 5.09. The van der Waals surface area contributed by atoms with Crippen molar-refractivity contribution in [2.24, 2.45) is 5.92 Å². The summed E-state index contributed by atoms with van der Waals surface area (Å²) in [6, 6.07) is 10.6. The summed E-state index contributed by atoms with van der Waals surface area (Å²) < 4.78 is 5.15. The molecule has 0 unspecified atom stereocenters. The molecule has 2 aromatic rings. The van der Waals surface area contributed by atoms with E-state index in [1.807, 2.05) is 19.1 Å². The van der Waals surface area contributed by atoms with Crippen LogP contribution in [0.3, 0.4) is 0 Å². The fraction of sp³-hybridized carbons (Fsp3) is 0.440. The summed E-state index contributed by atoms with van der Waals surface area (Å²) in [5.41, 5.74) is 1.95. The fourth-order valence-corrected chi connectivity index (χ4v) is 4.80. The number of ether oxygens (including phenoxy) is 1. The van der Waals surface area contributed by atoms with Gasteiger partial charge in [0.1, 0.15) is 10.8 Å². The lowest BCUT2D eigenvalue weighted by Crippen LogP contribution is -2.31. The highest BCUT2D eigenvalue weighted by molar-refractivity contribution is 8.00.